The van der Waals surface area contributed by atoms with Gasteiger partial charge in [0.05, 0.1) is 25.5 Å². The third-order valence-corrected chi connectivity index (χ3v) is 5.34. The first kappa shape index (κ1) is 17.1. The van der Waals surface area contributed by atoms with Crippen molar-refractivity contribution in [2.75, 3.05) is 32.8 Å². The van der Waals surface area contributed by atoms with Crippen molar-refractivity contribution in [1.29, 1.82) is 0 Å². The van der Waals surface area contributed by atoms with Gasteiger partial charge >= 0.3 is 0 Å². The van der Waals surface area contributed by atoms with Crippen molar-refractivity contribution >= 4 is 12.0 Å². The Labute approximate surface area is 154 Å². The quantitative estimate of drug-likeness (QED) is 0.894. The molecule has 0 amide bonds. The SMILES string of the molecule is CCC(=O)C1CN=CC2=C(N3CCOCC3)NC(c3ccc(C)cc3)N21. The topological polar surface area (TPSA) is 57.2 Å². The van der Waals surface area contributed by atoms with E-state index < -0.39 is 0 Å². The van der Waals surface area contributed by atoms with Gasteiger partial charge in [0, 0.05) is 25.7 Å². The molecule has 1 aromatic carbocycles. The molecule has 1 N–H and O–H groups in total. The highest BCUT2D eigenvalue weighted by Gasteiger charge is 2.42. The molecule has 0 aliphatic carbocycles. The van der Waals surface area contributed by atoms with Crippen LogP contribution in [0.15, 0.2) is 40.8 Å². The minimum absolute atomic E-state index is 0.0457. The number of ether oxygens (including phenoxy) is 1. The fourth-order valence-corrected chi connectivity index (χ4v) is 3.86. The van der Waals surface area contributed by atoms with Crippen LogP contribution in [0, 0.1) is 6.92 Å². The molecule has 0 radical (unpaired) electrons. The van der Waals surface area contributed by atoms with Crippen LogP contribution >= 0.6 is 0 Å². The number of fused-ring (bicyclic) bond motifs is 1. The Morgan fingerprint density at radius 3 is 2.69 bits per heavy atom. The average Bonchev–Trinajstić information content (AvgIpc) is 3.08. The van der Waals surface area contributed by atoms with Crippen LogP contribution in [0.25, 0.3) is 0 Å². The van der Waals surface area contributed by atoms with Crippen molar-refractivity contribution < 1.29 is 9.53 Å². The molecule has 0 spiro atoms. The van der Waals surface area contributed by atoms with Crippen LogP contribution in [-0.2, 0) is 9.53 Å². The Bertz CT molecular complexity index is 735. The average molecular weight is 354 g/mol. The lowest BCUT2D eigenvalue weighted by molar-refractivity contribution is -0.123. The van der Waals surface area contributed by atoms with E-state index in [-0.39, 0.29) is 18.0 Å². The number of hydrogen-bond acceptors (Lipinski definition) is 6. The standard InChI is InChI=1S/C20H26N4O2/c1-3-18(25)16-12-21-13-17-20(23-8-10-26-11-9-23)22-19(24(16)17)15-6-4-14(2)5-7-15/h4-7,13,16,19,22H,3,8-12H2,1-2H3. The summed E-state index contributed by atoms with van der Waals surface area (Å²) in [6.45, 7) is 7.69. The number of nitrogens with one attached hydrogen (secondary N) is 1. The molecule has 26 heavy (non-hydrogen) atoms. The fraction of sp³-hybridized carbons (Fsp3) is 0.500. The van der Waals surface area contributed by atoms with E-state index in [1.54, 1.807) is 0 Å². The van der Waals surface area contributed by atoms with Gasteiger partial charge in [0.15, 0.2) is 5.78 Å². The van der Waals surface area contributed by atoms with Gasteiger partial charge in [-0.25, -0.2) is 0 Å². The lowest BCUT2D eigenvalue weighted by Crippen LogP contribution is -2.46. The predicted octanol–water partition coefficient (Wildman–Crippen LogP) is 1.83. The lowest BCUT2D eigenvalue weighted by atomic mass is 10.0. The summed E-state index contributed by atoms with van der Waals surface area (Å²) in [5.41, 5.74) is 3.42. The van der Waals surface area contributed by atoms with Crippen molar-refractivity contribution in [3.8, 4) is 0 Å². The predicted molar refractivity (Wildman–Crippen MR) is 101 cm³/mol. The number of rotatable bonds is 4. The van der Waals surface area contributed by atoms with Crippen LogP contribution < -0.4 is 5.32 Å². The third kappa shape index (κ3) is 2.98. The van der Waals surface area contributed by atoms with Gasteiger partial charge in [0.1, 0.15) is 18.0 Å². The van der Waals surface area contributed by atoms with E-state index in [2.05, 4.69) is 51.3 Å². The summed E-state index contributed by atoms with van der Waals surface area (Å²) in [6, 6.07) is 8.33. The van der Waals surface area contributed by atoms with Gasteiger partial charge < -0.3 is 19.9 Å². The summed E-state index contributed by atoms with van der Waals surface area (Å²) < 4.78 is 5.50. The molecule has 0 aromatic heterocycles. The second kappa shape index (κ2) is 7.11. The molecule has 3 heterocycles. The van der Waals surface area contributed by atoms with Crippen molar-refractivity contribution in [1.82, 2.24) is 15.1 Å². The van der Waals surface area contributed by atoms with Gasteiger partial charge in [0.25, 0.3) is 0 Å². The first-order chi connectivity index (χ1) is 12.7. The molecule has 4 rings (SSSR count). The molecule has 2 atom stereocenters. The number of nitrogens with zero attached hydrogens (tertiary/aromatic N) is 3. The number of hydrogen-bond donors (Lipinski definition) is 1. The summed E-state index contributed by atoms with van der Waals surface area (Å²) >= 11 is 0. The normalized spacial score (nSPS) is 25.3. The molecule has 6 heteroatoms. The third-order valence-electron chi connectivity index (χ3n) is 5.34. The maximum Gasteiger partial charge on any atom is 0.156 e. The molecule has 0 bridgehead atoms. The molecule has 6 nitrogen and oxygen atoms in total. The van der Waals surface area contributed by atoms with E-state index in [1.165, 1.54) is 11.1 Å². The molecule has 0 saturated carbocycles. The van der Waals surface area contributed by atoms with Crippen LogP contribution in [0.4, 0.5) is 0 Å². The fourth-order valence-electron chi connectivity index (χ4n) is 3.86. The Kier molecular flexibility index (Phi) is 4.68. The number of aliphatic imine (C=N–C) groups is 1. The molecular weight excluding hydrogens is 328 g/mol. The minimum atomic E-state index is -0.211. The van der Waals surface area contributed by atoms with Gasteiger partial charge in [-0.3, -0.25) is 9.79 Å². The van der Waals surface area contributed by atoms with E-state index in [0.29, 0.717) is 13.0 Å². The summed E-state index contributed by atoms with van der Waals surface area (Å²) in [7, 11) is 0. The van der Waals surface area contributed by atoms with Crippen molar-refractivity contribution in [2.24, 2.45) is 4.99 Å². The van der Waals surface area contributed by atoms with Crippen molar-refractivity contribution in [2.45, 2.75) is 32.5 Å². The zero-order valence-corrected chi connectivity index (χ0v) is 15.4. The zero-order valence-electron chi connectivity index (χ0n) is 15.4. The second-order valence-electron chi connectivity index (χ2n) is 7.03. The maximum absolute atomic E-state index is 12.6. The number of morpholine rings is 1. The van der Waals surface area contributed by atoms with Gasteiger partial charge in [-0.15, -0.1) is 0 Å². The molecular formula is C20H26N4O2. The highest BCUT2D eigenvalue weighted by Crippen LogP contribution is 2.36. The van der Waals surface area contributed by atoms with Gasteiger partial charge in [-0.1, -0.05) is 36.8 Å². The van der Waals surface area contributed by atoms with E-state index >= 15 is 0 Å². The van der Waals surface area contributed by atoms with Crippen molar-refractivity contribution in [3.05, 3.63) is 46.9 Å². The summed E-state index contributed by atoms with van der Waals surface area (Å²) in [4.78, 5) is 21.7. The van der Waals surface area contributed by atoms with Crippen LogP contribution in [0.2, 0.25) is 0 Å². The first-order valence-corrected chi connectivity index (χ1v) is 9.40. The highest BCUT2D eigenvalue weighted by atomic mass is 16.5. The van der Waals surface area contributed by atoms with Crippen LogP contribution in [0.3, 0.4) is 0 Å². The molecule has 3 aliphatic heterocycles. The molecule has 1 aromatic rings. The molecule has 1 fully saturated rings. The molecule has 2 unspecified atom stereocenters. The van der Waals surface area contributed by atoms with Crippen LogP contribution in [-0.4, -0.2) is 60.7 Å². The number of Topliss-reactive ketones (excluding diaryl/α,β-unsaturated/α-hetero) is 1. The number of aryl methyl sites for hydroxylation is 1. The zero-order chi connectivity index (χ0) is 18.1. The Hall–Kier alpha value is -2.34. The number of allylic oxidation sites excluding steroid dienone is 1. The van der Waals surface area contributed by atoms with Gasteiger partial charge in [-0.05, 0) is 12.5 Å². The van der Waals surface area contributed by atoms with E-state index in [9.17, 15) is 4.79 Å². The first-order valence-electron chi connectivity index (χ1n) is 9.40. The van der Waals surface area contributed by atoms with Crippen LogP contribution in [0.5, 0.6) is 0 Å². The number of carbonyl (C=O) groups excluding carboxylic acids is 1. The molecule has 1 saturated heterocycles. The Morgan fingerprint density at radius 1 is 1.27 bits per heavy atom. The van der Waals surface area contributed by atoms with E-state index in [1.807, 2.05) is 13.1 Å². The lowest BCUT2D eigenvalue weighted by Gasteiger charge is -2.36. The van der Waals surface area contributed by atoms with Crippen molar-refractivity contribution in [3.63, 3.8) is 0 Å². The second-order valence-corrected chi connectivity index (χ2v) is 7.03. The largest absolute Gasteiger partial charge is 0.378 e. The van der Waals surface area contributed by atoms with E-state index in [4.69, 9.17) is 4.74 Å². The minimum Gasteiger partial charge on any atom is -0.378 e. The maximum atomic E-state index is 12.6. The van der Waals surface area contributed by atoms with Gasteiger partial charge in [0.2, 0.25) is 0 Å². The van der Waals surface area contributed by atoms with E-state index in [0.717, 1.165) is 37.8 Å². The highest BCUT2D eigenvalue weighted by molar-refractivity contribution is 5.89. The van der Waals surface area contributed by atoms with Crippen LogP contribution in [0.1, 0.15) is 30.6 Å². The summed E-state index contributed by atoms with van der Waals surface area (Å²) in [5.74, 6) is 1.30. The molecule has 138 valence electrons. The number of benzene rings is 1. The van der Waals surface area contributed by atoms with Gasteiger partial charge in [-0.2, -0.15) is 0 Å². The molecule has 3 aliphatic rings. The monoisotopic (exact) mass is 354 g/mol. The summed E-state index contributed by atoms with van der Waals surface area (Å²) in [5, 5.41) is 3.68. The number of carbonyl (C=O) groups is 1. The Balaban J connectivity index is 1.73. The smallest absolute Gasteiger partial charge is 0.156 e. The number of ketones is 1. The summed E-state index contributed by atoms with van der Waals surface area (Å²) in [6.07, 6.45) is 2.40. The Morgan fingerprint density at radius 2 is 2.00 bits per heavy atom.